The maximum absolute atomic E-state index is 10.7. The van der Waals surface area contributed by atoms with Gasteiger partial charge in [0.05, 0.1) is 0 Å². The third-order valence-corrected chi connectivity index (χ3v) is 2.96. The zero-order chi connectivity index (χ0) is 9.26. The van der Waals surface area contributed by atoms with Gasteiger partial charge < -0.3 is 11.1 Å². The number of carbonyl (C=O) groups is 1. The maximum Gasteiger partial charge on any atom is 0.268 e. The van der Waals surface area contributed by atoms with Crippen LogP contribution in [-0.4, -0.2) is 16.9 Å². The van der Waals surface area contributed by atoms with Crippen LogP contribution in [0.15, 0.2) is 5.38 Å². The highest BCUT2D eigenvalue weighted by atomic mass is 32.1. The first-order valence-corrected chi connectivity index (χ1v) is 5.15. The van der Waals surface area contributed by atoms with Gasteiger partial charge in [-0.2, -0.15) is 0 Å². The van der Waals surface area contributed by atoms with Crippen LogP contribution in [0.25, 0.3) is 0 Å². The summed E-state index contributed by atoms with van der Waals surface area (Å²) in [5.41, 5.74) is 5.44. The van der Waals surface area contributed by atoms with Crippen molar-refractivity contribution in [2.75, 3.05) is 5.32 Å². The predicted molar refractivity (Wildman–Crippen MR) is 51.9 cm³/mol. The van der Waals surface area contributed by atoms with Crippen LogP contribution in [0.2, 0.25) is 0 Å². The number of nitrogens with zero attached hydrogens (tertiary/aromatic N) is 1. The minimum Gasteiger partial charge on any atom is -0.364 e. The second-order valence-electron chi connectivity index (χ2n) is 3.17. The molecule has 1 fully saturated rings. The van der Waals surface area contributed by atoms with E-state index in [0.29, 0.717) is 11.7 Å². The fraction of sp³-hybridized carbons (Fsp3) is 0.500. The molecule has 0 aromatic carbocycles. The molecule has 13 heavy (non-hydrogen) atoms. The Kier molecular flexibility index (Phi) is 2.18. The molecule has 1 aliphatic rings. The van der Waals surface area contributed by atoms with E-state index in [0.717, 1.165) is 5.13 Å². The van der Waals surface area contributed by atoms with Crippen molar-refractivity contribution in [2.24, 2.45) is 5.73 Å². The molecule has 0 unspecified atom stereocenters. The molecule has 4 nitrogen and oxygen atoms in total. The highest BCUT2D eigenvalue weighted by Crippen LogP contribution is 2.24. The number of anilines is 1. The van der Waals surface area contributed by atoms with Gasteiger partial charge in [-0.1, -0.05) is 0 Å². The molecule has 0 spiro atoms. The summed E-state index contributed by atoms with van der Waals surface area (Å²) < 4.78 is 0. The summed E-state index contributed by atoms with van der Waals surface area (Å²) in [5.74, 6) is -0.460. The summed E-state index contributed by atoms with van der Waals surface area (Å²) in [6.45, 7) is 0. The topological polar surface area (TPSA) is 68.0 Å². The van der Waals surface area contributed by atoms with Crippen molar-refractivity contribution in [3.05, 3.63) is 11.1 Å². The van der Waals surface area contributed by atoms with Gasteiger partial charge in [-0.3, -0.25) is 4.79 Å². The number of aromatic nitrogens is 1. The van der Waals surface area contributed by atoms with E-state index >= 15 is 0 Å². The second-order valence-corrected chi connectivity index (χ2v) is 4.03. The monoisotopic (exact) mass is 197 g/mol. The van der Waals surface area contributed by atoms with Gasteiger partial charge in [0.25, 0.3) is 5.91 Å². The third-order valence-electron chi connectivity index (χ3n) is 2.19. The molecule has 3 N–H and O–H groups in total. The van der Waals surface area contributed by atoms with Crippen LogP contribution in [0.5, 0.6) is 0 Å². The number of carbonyl (C=O) groups excluding carboxylic acids is 1. The Morgan fingerprint density at radius 3 is 2.92 bits per heavy atom. The van der Waals surface area contributed by atoms with Crippen LogP contribution in [0.1, 0.15) is 29.8 Å². The molecule has 1 aromatic heterocycles. The largest absolute Gasteiger partial charge is 0.364 e. The summed E-state index contributed by atoms with van der Waals surface area (Å²) in [6, 6.07) is 0.548. The van der Waals surface area contributed by atoms with Gasteiger partial charge in [-0.05, 0) is 19.3 Å². The van der Waals surface area contributed by atoms with Crippen molar-refractivity contribution >= 4 is 22.4 Å². The first-order valence-electron chi connectivity index (χ1n) is 4.27. The number of rotatable bonds is 3. The molecule has 0 atom stereocenters. The molecule has 0 radical (unpaired) electrons. The number of amides is 1. The average molecular weight is 197 g/mol. The van der Waals surface area contributed by atoms with Crippen molar-refractivity contribution < 1.29 is 4.79 Å². The van der Waals surface area contributed by atoms with Crippen LogP contribution >= 0.6 is 11.3 Å². The normalized spacial score (nSPS) is 16.6. The van der Waals surface area contributed by atoms with Gasteiger partial charge in [-0.15, -0.1) is 11.3 Å². The van der Waals surface area contributed by atoms with Crippen LogP contribution in [-0.2, 0) is 0 Å². The summed E-state index contributed by atoms with van der Waals surface area (Å²) in [7, 11) is 0. The summed E-state index contributed by atoms with van der Waals surface area (Å²) in [6.07, 6.45) is 3.68. The number of hydrogen-bond acceptors (Lipinski definition) is 4. The molecule has 5 heteroatoms. The molecular formula is C8H11N3OS. The van der Waals surface area contributed by atoms with E-state index in [1.807, 2.05) is 0 Å². The first-order chi connectivity index (χ1) is 6.25. The lowest BCUT2D eigenvalue weighted by atomic mass is 9.93. The number of hydrogen-bond donors (Lipinski definition) is 2. The second kappa shape index (κ2) is 3.33. The molecule has 0 bridgehead atoms. The van der Waals surface area contributed by atoms with E-state index in [-0.39, 0.29) is 0 Å². The lowest BCUT2D eigenvalue weighted by molar-refractivity contribution is 0.0996. The van der Waals surface area contributed by atoms with Gasteiger partial charge in [0.1, 0.15) is 5.69 Å². The lowest BCUT2D eigenvalue weighted by Crippen LogP contribution is -2.26. The molecular weight excluding hydrogens is 186 g/mol. The molecule has 1 amide bonds. The van der Waals surface area contributed by atoms with Gasteiger partial charge in [0, 0.05) is 11.4 Å². The number of thiazole rings is 1. The summed E-state index contributed by atoms with van der Waals surface area (Å²) in [4.78, 5) is 14.8. The van der Waals surface area contributed by atoms with Gasteiger partial charge >= 0.3 is 0 Å². The van der Waals surface area contributed by atoms with Crippen molar-refractivity contribution in [2.45, 2.75) is 25.3 Å². The molecule has 2 rings (SSSR count). The molecule has 70 valence electrons. The zero-order valence-electron chi connectivity index (χ0n) is 7.12. The molecule has 1 aromatic rings. The van der Waals surface area contributed by atoms with Crippen LogP contribution in [0, 0.1) is 0 Å². The number of nitrogens with one attached hydrogen (secondary N) is 1. The van der Waals surface area contributed by atoms with Crippen molar-refractivity contribution in [3.63, 3.8) is 0 Å². The SMILES string of the molecule is NC(=O)c1csc(NC2CCC2)n1. The standard InChI is InChI=1S/C8H11N3OS/c9-7(12)6-4-13-8(11-6)10-5-2-1-3-5/h4-5H,1-3H2,(H2,9,12)(H,10,11). The van der Waals surface area contributed by atoms with Crippen molar-refractivity contribution in [1.29, 1.82) is 0 Å². The molecule has 0 saturated heterocycles. The minimum atomic E-state index is -0.460. The van der Waals surface area contributed by atoms with Gasteiger partial charge in [0.2, 0.25) is 0 Å². The number of nitrogens with two attached hydrogens (primary N) is 1. The number of primary amides is 1. The Morgan fingerprint density at radius 2 is 2.46 bits per heavy atom. The van der Waals surface area contributed by atoms with Gasteiger partial charge in [-0.25, -0.2) is 4.98 Å². The van der Waals surface area contributed by atoms with Gasteiger partial charge in [0.15, 0.2) is 5.13 Å². The van der Waals surface area contributed by atoms with Crippen molar-refractivity contribution in [1.82, 2.24) is 4.98 Å². The third kappa shape index (κ3) is 1.80. The Bertz CT molecular complexity index is 319. The fourth-order valence-corrected chi connectivity index (χ4v) is 1.96. The van der Waals surface area contributed by atoms with E-state index in [1.54, 1.807) is 5.38 Å². The van der Waals surface area contributed by atoms with Crippen molar-refractivity contribution in [3.8, 4) is 0 Å². The molecule has 0 aliphatic heterocycles. The maximum atomic E-state index is 10.7. The smallest absolute Gasteiger partial charge is 0.268 e. The van der Waals surface area contributed by atoms with E-state index in [9.17, 15) is 4.79 Å². The highest BCUT2D eigenvalue weighted by molar-refractivity contribution is 7.13. The highest BCUT2D eigenvalue weighted by Gasteiger charge is 2.18. The predicted octanol–water partition coefficient (Wildman–Crippen LogP) is 1.21. The summed E-state index contributed by atoms with van der Waals surface area (Å²) >= 11 is 1.43. The Balaban J connectivity index is 2.00. The minimum absolute atomic E-state index is 0.354. The van der Waals surface area contributed by atoms with Crippen LogP contribution in [0.4, 0.5) is 5.13 Å². The molecule has 1 saturated carbocycles. The van der Waals surface area contributed by atoms with Crippen LogP contribution < -0.4 is 11.1 Å². The average Bonchev–Trinajstić information content (AvgIpc) is 2.44. The first kappa shape index (κ1) is 8.50. The summed E-state index contributed by atoms with van der Waals surface area (Å²) in [5, 5.41) is 5.74. The zero-order valence-corrected chi connectivity index (χ0v) is 7.93. The van der Waals surface area contributed by atoms with E-state index in [4.69, 9.17) is 5.73 Å². The van der Waals surface area contributed by atoms with E-state index in [2.05, 4.69) is 10.3 Å². The van der Waals surface area contributed by atoms with E-state index < -0.39 is 5.91 Å². The van der Waals surface area contributed by atoms with Crippen LogP contribution in [0.3, 0.4) is 0 Å². The molecule has 1 heterocycles. The lowest BCUT2D eigenvalue weighted by Gasteiger charge is -2.25. The fourth-order valence-electron chi connectivity index (χ4n) is 1.18. The Labute approximate surface area is 80.2 Å². The van der Waals surface area contributed by atoms with E-state index in [1.165, 1.54) is 30.6 Å². The molecule has 1 aliphatic carbocycles. The Morgan fingerprint density at radius 1 is 1.69 bits per heavy atom. The quantitative estimate of drug-likeness (QED) is 0.765. The Hall–Kier alpha value is -1.10.